The fourth-order valence-electron chi connectivity index (χ4n) is 2.76. The van der Waals surface area contributed by atoms with Gasteiger partial charge in [-0.1, -0.05) is 24.3 Å². The number of amides is 2. The summed E-state index contributed by atoms with van der Waals surface area (Å²) in [4.78, 5) is 14.2. The van der Waals surface area contributed by atoms with E-state index in [9.17, 15) is 18.0 Å². The lowest BCUT2D eigenvalue weighted by atomic mass is 10.1. The van der Waals surface area contributed by atoms with Crippen LogP contribution < -0.4 is 10.1 Å². The van der Waals surface area contributed by atoms with E-state index in [-0.39, 0.29) is 6.03 Å². The number of benzene rings is 2. The van der Waals surface area contributed by atoms with Gasteiger partial charge in [-0.05, 0) is 29.8 Å². The molecule has 0 aromatic heterocycles. The van der Waals surface area contributed by atoms with E-state index in [0.717, 1.165) is 12.1 Å². The van der Waals surface area contributed by atoms with Crippen molar-refractivity contribution in [2.24, 2.45) is 0 Å². The van der Waals surface area contributed by atoms with Crippen LogP contribution in [0.25, 0.3) is 0 Å². The minimum absolute atomic E-state index is 0.373. The standard InChI is InChI=1S/C18H17F3N2O2S/c1-25-15-8-3-2-7-14(15)22-17(24)23-9-10-26-16(23)12-5-4-6-13(11-12)18(19,20)21/h2-8,11,16H,9-10H2,1H3,(H,22,24). The van der Waals surface area contributed by atoms with Gasteiger partial charge in [-0.2, -0.15) is 13.2 Å². The first-order chi connectivity index (χ1) is 12.4. The largest absolute Gasteiger partial charge is 0.495 e. The molecule has 1 aliphatic heterocycles. The Bertz CT molecular complexity index is 798. The van der Waals surface area contributed by atoms with Gasteiger partial charge in [0.2, 0.25) is 0 Å². The zero-order valence-corrected chi connectivity index (χ0v) is 14.7. The first-order valence-electron chi connectivity index (χ1n) is 7.89. The molecule has 0 bridgehead atoms. The molecule has 2 aromatic carbocycles. The molecule has 1 heterocycles. The average Bonchev–Trinajstić information content (AvgIpc) is 3.11. The maximum atomic E-state index is 13.0. The van der Waals surface area contributed by atoms with Crippen molar-refractivity contribution in [2.45, 2.75) is 11.6 Å². The van der Waals surface area contributed by atoms with Crippen molar-refractivity contribution in [3.05, 3.63) is 59.7 Å². The molecule has 138 valence electrons. The number of rotatable bonds is 3. The zero-order valence-electron chi connectivity index (χ0n) is 13.9. The number of halogens is 3. The Morgan fingerprint density at radius 1 is 1.23 bits per heavy atom. The number of nitrogens with one attached hydrogen (secondary N) is 1. The van der Waals surface area contributed by atoms with Crippen LogP contribution in [0.1, 0.15) is 16.5 Å². The summed E-state index contributed by atoms with van der Waals surface area (Å²) in [5.41, 5.74) is 0.254. The number of ether oxygens (including phenoxy) is 1. The van der Waals surface area contributed by atoms with Gasteiger partial charge in [0, 0.05) is 12.3 Å². The number of alkyl halides is 3. The second kappa shape index (κ2) is 7.49. The van der Waals surface area contributed by atoms with E-state index >= 15 is 0 Å². The minimum Gasteiger partial charge on any atom is -0.495 e. The quantitative estimate of drug-likeness (QED) is 0.813. The van der Waals surface area contributed by atoms with Crippen molar-refractivity contribution in [1.82, 2.24) is 4.90 Å². The zero-order chi connectivity index (χ0) is 18.7. The minimum atomic E-state index is -4.41. The molecule has 26 heavy (non-hydrogen) atoms. The molecular formula is C18H17F3N2O2S. The molecule has 0 saturated carbocycles. The Balaban J connectivity index is 1.81. The number of thioether (sulfide) groups is 1. The van der Waals surface area contributed by atoms with E-state index in [4.69, 9.17) is 4.74 Å². The summed E-state index contributed by atoms with van der Waals surface area (Å²) in [6, 6.07) is 11.7. The van der Waals surface area contributed by atoms with Crippen LogP contribution in [0.3, 0.4) is 0 Å². The van der Waals surface area contributed by atoms with Crippen molar-refractivity contribution in [1.29, 1.82) is 0 Å². The lowest BCUT2D eigenvalue weighted by molar-refractivity contribution is -0.137. The summed E-state index contributed by atoms with van der Waals surface area (Å²) < 4.78 is 44.1. The molecule has 1 unspecified atom stereocenters. The van der Waals surface area contributed by atoms with Crippen molar-refractivity contribution < 1.29 is 22.7 Å². The number of carbonyl (C=O) groups is 1. The second-order valence-electron chi connectivity index (χ2n) is 5.67. The molecular weight excluding hydrogens is 365 g/mol. The van der Waals surface area contributed by atoms with Gasteiger partial charge >= 0.3 is 12.2 Å². The summed E-state index contributed by atoms with van der Waals surface area (Å²) in [5, 5.41) is 2.31. The van der Waals surface area contributed by atoms with Crippen molar-refractivity contribution in [3.63, 3.8) is 0 Å². The first kappa shape index (κ1) is 18.4. The summed E-state index contributed by atoms with van der Waals surface area (Å²) in [6.07, 6.45) is -4.41. The monoisotopic (exact) mass is 382 g/mol. The van der Waals surface area contributed by atoms with Gasteiger partial charge in [-0.25, -0.2) is 4.79 Å². The number of hydrogen-bond acceptors (Lipinski definition) is 3. The van der Waals surface area contributed by atoms with Crippen LogP contribution in [0.5, 0.6) is 5.75 Å². The normalized spacial score (nSPS) is 17.2. The highest BCUT2D eigenvalue weighted by Gasteiger charge is 2.34. The first-order valence-corrected chi connectivity index (χ1v) is 8.94. The number of nitrogens with zero attached hydrogens (tertiary/aromatic N) is 1. The molecule has 2 amide bonds. The Hall–Kier alpha value is -2.35. The summed E-state index contributed by atoms with van der Waals surface area (Å²) >= 11 is 1.44. The Kier molecular flexibility index (Phi) is 5.31. The van der Waals surface area contributed by atoms with Gasteiger partial charge in [0.05, 0.1) is 18.4 Å². The molecule has 8 heteroatoms. The maximum absolute atomic E-state index is 13.0. The fourth-order valence-corrected chi connectivity index (χ4v) is 4.00. The molecule has 0 spiro atoms. The van der Waals surface area contributed by atoms with Crippen molar-refractivity contribution in [3.8, 4) is 5.75 Å². The molecule has 2 aromatic rings. The van der Waals surface area contributed by atoms with E-state index in [1.54, 1.807) is 30.3 Å². The number of hydrogen-bond donors (Lipinski definition) is 1. The maximum Gasteiger partial charge on any atom is 0.416 e. The van der Waals surface area contributed by atoms with E-state index in [0.29, 0.717) is 29.3 Å². The van der Waals surface area contributed by atoms with E-state index in [1.165, 1.54) is 29.8 Å². The highest BCUT2D eigenvalue weighted by atomic mass is 32.2. The van der Waals surface area contributed by atoms with Gasteiger partial charge in [0.15, 0.2) is 0 Å². The molecule has 1 N–H and O–H groups in total. The molecule has 4 nitrogen and oxygen atoms in total. The highest BCUT2D eigenvalue weighted by Crippen LogP contribution is 2.40. The average molecular weight is 382 g/mol. The van der Waals surface area contributed by atoms with Crippen LogP contribution in [0.2, 0.25) is 0 Å². The fraction of sp³-hybridized carbons (Fsp3) is 0.278. The second-order valence-corrected chi connectivity index (χ2v) is 6.86. The van der Waals surface area contributed by atoms with E-state index in [1.807, 2.05) is 0 Å². The van der Waals surface area contributed by atoms with Crippen LogP contribution in [-0.2, 0) is 6.18 Å². The van der Waals surface area contributed by atoms with Gasteiger partial charge < -0.3 is 15.0 Å². The van der Waals surface area contributed by atoms with Crippen molar-refractivity contribution >= 4 is 23.5 Å². The van der Waals surface area contributed by atoms with Crippen molar-refractivity contribution in [2.75, 3.05) is 24.7 Å². The molecule has 1 saturated heterocycles. The van der Waals surface area contributed by atoms with Gasteiger partial charge in [-0.15, -0.1) is 11.8 Å². The Morgan fingerprint density at radius 2 is 2.00 bits per heavy atom. The molecule has 1 fully saturated rings. The van der Waals surface area contributed by atoms with Crippen LogP contribution in [0, 0.1) is 0 Å². The molecule has 0 aliphatic carbocycles. The van der Waals surface area contributed by atoms with Gasteiger partial charge in [-0.3, -0.25) is 0 Å². The molecule has 1 aliphatic rings. The third-order valence-electron chi connectivity index (χ3n) is 4.00. The van der Waals surface area contributed by atoms with E-state index < -0.39 is 17.1 Å². The number of methoxy groups -OCH3 is 1. The van der Waals surface area contributed by atoms with Gasteiger partial charge in [0.25, 0.3) is 0 Å². The predicted molar refractivity (Wildman–Crippen MR) is 95.4 cm³/mol. The molecule has 1 atom stereocenters. The third-order valence-corrected chi connectivity index (χ3v) is 5.26. The summed E-state index contributed by atoms with van der Waals surface area (Å²) in [5.74, 6) is 1.17. The number of para-hydroxylation sites is 2. The highest BCUT2D eigenvalue weighted by molar-refractivity contribution is 7.99. The van der Waals surface area contributed by atoms with Crippen LogP contribution in [0.15, 0.2) is 48.5 Å². The van der Waals surface area contributed by atoms with Crippen LogP contribution >= 0.6 is 11.8 Å². The predicted octanol–water partition coefficient (Wildman–Crippen LogP) is 4.99. The number of carbonyl (C=O) groups excluding carboxylic acids is 1. The summed E-state index contributed by atoms with van der Waals surface area (Å²) in [7, 11) is 1.50. The smallest absolute Gasteiger partial charge is 0.416 e. The SMILES string of the molecule is COc1ccccc1NC(=O)N1CCSC1c1cccc(C(F)(F)F)c1. The summed E-state index contributed by atoms with van der Waals surface area (Å²) in [6.45, 7) is 0.451. The van der Waals surface area contributed by atoms with Gasteiger partial charge in [0.1, 0.15) is 11.1 Å². The Morgan fingerprint density at radius 3 is 2.73 bits per heavy atom. The van der Waals surface area contributed by atoms with Crippen LogP contribution in [0.4, 0.5) is 23.7 Å². The van der Waals surface area contributed by atoms with Crippen LogP contribution in [-0.4, -0.2) is 30.3 Å². The third kappa shape index (κ3) is 3.90. The number of urea groups is 1. The molecule has 0 radical (unpaired) electrons. The van der Waals surface area contributed by atoms with E-state index in [2.05, 4.69) is 5.32 Å². The lowest BCUT2D eigenvalue weighted by Gasteiger charge is -2.25. The topological polar surface area (TPSA) is 41.6 Å². The lowest BCUT2D eigenvalue weighted by Crippen LogP contribution is -2.34. The number of anilines is 1. The molecule has 3 rings (SSSR count). The Labute approximate surface area is 153 Å².